The fourth-order valence-electron chi connectivity index (χ4n) is 3.55. The van der Waals surface area contributed by atoms with Crippen LogP contribution < -0.4 is 11.1 Å². The minimum atomic E-state index is -0.131. The monoisotopic (exact) mass is 258 g/mol. The average molecular weight is 258 g/mol. The van der Waals surface area contributed by atoms with Crippen molar-refractivity contribution in [3.8, 4) is 0 Å². The first kappa shape index (κ1) is 12.7. The lowest BCUT2D eigenvalue weighted by molar-refractivity contribution is -0.122. The van der Waals surface area contributed by atoms with Gasteiger partial charge in [-0.15, -0.1) is 0 Å². The van der Waals surface area contributed by atoms with Crippen LogP contribution in [0.15, 0.2) is 30.3 Å². The van der Waals surface area contributed by atoms with E-state index in [9.17, 15) is 4.79 Å². The second-order valence-corrected chi connectivity index (χ2v) is 5.99. The van der Waals surface area contributed by atoms with Crippen LogP contribution in [0.3, 0.4) is 0 Å². The standard InChI is InChI=1S/C16H22N2O/c17-16(19)14-7-4-8-15(14)18-13-9-12(10-13)11-5-2-1-3-6-11/h1-3,5-6,12-15,18H,4,7-10H2,(H2,17,19)/t12?,13?,14-,15-/m1/s1. The SMILES string of the molecule is NC(=O)[C@@H]1CCC[C@H]1NC1CC(c2ccccc2)C1. The molecule has 0 aromatic heterocycles. The molecular formula is C16H22N2O. The maximum Gasteiger partial charge on any atom is 0.222 e. The number of hydrogen-bond donors (Lipinski definition) is 2. The van der Waals surface area contributed by atoms with Crippen molar-refractivity contribution in [3.05, 3.63) is 35.9 Å². The van der Waals surface area contributed by atoms with Gasteiger partial charge in [0.05, 0.1) is 5.92 Å². The van der Waals surface area contributed by atoms with Gasteiger partial charge in [-0.3, -0.25) is 4.79 Å². The molecule has 0 aliphatic heterocycles. The maximum atomic E-state index is 11.4. The van der Waals surface area contributed by atoms with Gasteiger partial charge in [-0.05, 0) is 37.2 Å². The largest absolute Gasteiger partial charge is 0.369 e. The molecule has 2 saturated carbocycles. The third-order valence-electron chi connectivity index (χ3n) is 4.74. The summed E-state index contributed by atoms with van der Waals surface area (Å²) in [5, 5.41) is 3.65. The van der Waals surface area contributed by atoms with E-state index in [0.29, 0.717) is 18.0 Å². The molecule has 1 aromatic carbocycles. The van der Waals surface area contributed by atoms with Crippen LogP contribution in [0.25, 0.3) is 0 Å². The smallest absolute Gasteiger partial charge is 0.222 e. The van der Waals surface area contributed by atoms with Gasteiger partial charge in [0.25, 0.3) is 0 Å². The molecule has 3 N–H and O–H groups in total. The Bertz CT molecular complexity index is 439. The predicted molar refractivity (Wildman–Crippen MR) is 75.7 cm³/mol. The molecule has 0 unspecified atom stereocenters. The summed E-state index contributed by atoms with van der Waals surface area (Å²) in [6, 6.07) is 11.6. The quantitative estimate of drug-likeness (QED) is 0.869. The molecule has 0 saturated heterocycles. The van der Waals surface area contributed by atoms with Gasteiger partial charge in [0, 0.05) is 12.1 Å². The summed E-state index contributed by atoms with van der Waals surface area (Å²) in [6.07, 6.45) is 5.56. The average Bonchev–Trinajstić information content (AvgIpc) is 2.82. The Morgan fingerprint density at radius 2 is 1.89 bits per heavy atom. The predicted octanol–water partition coefficient (Wildman–Crippen LogP) is 2.18. The lowest BCUT2D eigenvalue weighted by atomic mass is 9.75. The Morgan fingerprint density at radius 3 is 2.58 bits per heavy atom. The van der Waals surface area contributed by atoms with Gasteiger partial charge in [-0.2, -0.15) is 0 Å². The number of carbonyl (C=O) groups is 1. The summed E-state index contributed by atoms with van der Waals surface area (Å²) in [6.45, 7) is 0. The highest BCUT2D eigenvalue weighted by Crippen LogP contribution is 2.38. The van der Waals surface area contributed by atoms with E-state index in [-0.39, 0.29) is 11.8 Å². The Hall–Kier alpha value is -1.35. The zero-order chi connectivity index (χ0) is 13.2. The maximum absolute atomic E-state index is 11.4. The van der Waals surface area contributed by atoms with Crippen molar-refractivity contribution in [1.29, 1.82) is 0 Å². The highest BCUT2D eigenvalue weighted by atomic mass is 16.1. The fraction of sp³-hybridized carbons (Fsp3) is 0.562. The molecule has 0 radical (unpaired) electrons. The van der Waals surface area contributed by atoms with Crippen LogP contribution >= 0.6 is 0 Å². The number of nitrogens with one attached hydrogen (secondary N) is 1. The third-order valence-corrected chi connectivity index (χ3v) is 4.74. The van der Waals surface area contributed by atoms with Gasteiger partial charge in [-0.25, -0.2) is 0 Å². The number of carbonyl (C=O) groups excluding carboxylic acids is 1. The second kappa shape index (κ2) is 5.33. The van der Waals surface area contributed by atoms with Gasteiger partial charge < -0.3 is 11.1 Å². The Labute approximate surface area is 114 Å². The Morgan fingerprint density at radius 1 is 1.16 bits per heavy atom. The van der Waals surface area contributed by atoms with E-state index in [4.69, 9.17) is 5.73 Å². The molecule has 1 amide bonds. The van der Waals surface area contributed by atoms with Gasteiger partial charge >= 0.3 is 0 Å². The summed E-state index contributed by atoms with van der Waals surface area (Å²) in [4.78, 5) is 11.4. The van der Waals surface area contributed by atoms with E-state index >= 15 is 0 Å². The lowest BCUT2D eigenvalue weighted by Gasteiger charge is -2.39. The van der Waals surface area contributed by atoms with Gasteiger partial charge in [0.1, 0.15) is 0 Å². The molecule has 0 bridgehead atoms. The van der Waals surface area contributed by atoms with Crippen molar-refractivity contribution in [3.63, 3.8) is 0 Å². The van der Waals surface area contributed by atoms with E-state index in [1.807, 2.05) is 0 Å². The van der Waals surface area contributed by atoms with Gasteiger partial charge in [0.15, 0.2) is 0 Å². The van der Waals surface area contributed by atoms with Crippen molar-refractivity contribution in [2.75, 3.05) is 0 Å². The number of nitrogens with two attached hydrogens (primary N) is 1. The van der Waals surface area contributed by atoms with Gasteiger partial charge in [-0.1, -0.05) is 36.8 Å². The lowest BCUT2D eigenvalue weighted by Crippen LogP contribution is -2.49. The zero-order valence-electron chi connectivity index (χ0n) is 11.2. The minimum absolute atomic E-state index is 0.0516. The highest BCUT2D eigenvalue weighted by molar-refractivity contribution is 5.77. The van der Waals surface area contributed by atoms with E-state index in [1.54, 1.807) is 0 Å². The van der Waals surface area contributed by atoms with Crippen LogP contribution in [0.4, 0.5) is 0 Å². The highest BCUT2D eigenvalue weighted by Gasteiger charge is 2.37. The molecule has 19 heavy (non-hydrogen) atoms. The molecule has 3 rings (SSSR count). The van der Waals surface area contributed by atoms with Crippen LogP contribution in [0.2, 0.25) is 0 Å². The molecular weight excluding hydrogens is 236 g/mol. The Balaban J connectivity index is 1.50. The van der Waals surface area contributed by atoms with Crippen LogP contribution in [-0.4, -0.2) is 18.0 Å². The molecule has 2 aliphatic carbocycles. The third kappa shape index (κ3) is 2.66. The summed E-state index contributed by atoms with van der Waals surface area (Å²) in [7, 11) is 0. The Kier molecular flexibility index (Phi) is 3.56. The van der Waals surface area contributed by atoms with Crippen molar-refractivity contribution in [1.82, 2.24) is 5.32 Å². The van der Waals surface area contributed by atoms with Crippen molar-refractivity contribution in [2.45, 2.75) is 50.1 Å². The molecule has 2 aliphatic rings. The fourth-order valence-corrected chi connectivity index (χ4v) is 3.55. The normalized spacial score (nSPS) is 33.9. The molecule has 1 aromatic rings. The molecule has 0 spiro atoms. The first-order valence-electron chi connectivity index (χ1n) is 7.34. The van der Waals surface area contributed by atoms with Crippen molar-refractivity contribution < 1.29 is 4.79 Å². The number of amides is 1. The summed E-state index contributed by atoms with van der Waals surface area (Å²) in [5.41, 5.74) is 6.91. The minimum Gasteiger partial charge on any atom is -0.369 e. The molecule has 102 valence electrons. The molecule has 0 heterocycles. The molecule has 2 atom stereocenters. The molecule has 3 heteroatoms. The topological polar surface area (TPSA) is 55.1 Å². The van der Waals surface area contributed by atoms with Crippen molar-refractivity contribution in [2.24, 2.45) is 11.7 Å². The number of hydrogen-bond acceptors (Lipinski definition) is 2. The number of primary amides is 1. The van der Waals surface area contributed by atoms with Crippen molar-refractivity contribution >= 4 is 5.91 Å². The van der Waals surface area contributed by atoms with Crippen LogP contribution in [0.1, 0.15) is 43.6 Å². The summed E-state index contributed by atoms with van der Waals surface area (Å²) < 4.78 is 0. The van der Waals surface area contributed by atoms with Crippen LogP contribution in [0, 0.1) is 5.92 Å². The number of rotatable bonds is 4. The van der Waals surface area contributed by atoms with Crippen LogP contribution in [-0.2, 0) is 4.79 Å². The van der Waals surface area contributed by atoms with Crippen LogP contribution in [0.5, 0.6) is 0 Å². The first-order valence-corrected chi connectivity index (χ1v) is 7.34. The van der Waals surface area contributed by atoms with E-state index in [1.165, 1.54) is 18.4 Å². The van der Waals surface area contributed by atoms with Gasteiger partial charge in [0.2, 0.25) is 5.91 Å². The van der Waals surface area contributed by atoms with E-state index in [2.05, 4.69) is 35.6 Å². The molecule has 2 fully saturated rings. The summed E-state index contributed by atoms with van der Waals surface area (Å²) in [5.74, 6) is 0.608. The van der Waals surface area contributed by atoms with E-state index < -0.39 is 0 Å². The van der Waals surface area contributed by atoms with E-state index in [0.717, 1.165) is 19.3 Å². The summed E-state index contributed by atoms with van der Waals surface area (Å²) >= 11 is 0. The zero-order valence-corrected chi connectivity index (χ0v) is 11.2. The molecule has 3 nitrogen and oxygen atoms in total. The number of benzene rings is 1. The first-order chi connectivity index (χ1) is 9.24. The second-order valence-electron chi connectivity index (χ2n) is 5.99.